The van der Waals surface area contributed by atoms with E-state index in [0.717, 1.165) is 5.56 Å². The molecule has 6 heteroatoms. The second kappa shape index (κ2) is 6.89. The molecule has 0 aliphatic carbocycles. The third-order valence-corrected chi connectivity index (χ3v) is 5.29. The molecule has 0 atom stereocenters. The summed E-state index contributed by atoms with van der Waals surface area (Å²) in [6.07, 6.45) is 0. The van der Waals surface area contributed by atoms with Crippen LogP contribution in [0.3, 0.4) is 0 Å². The van der Waals surface area contributed by atoms with E-state index >= 15 is 0 Å². The predicted molar refractivity (Wildman–Crippen MR) is 84.3 cm³/mol. The lowest BCUT2D eigenvalue weighted by Crippen LogP contribution is -2.45. The largest absolute Gasteiger partial charge is 0.279 e. The Balaban J connectivity index is 2.82. The molecule has 1 N–H and O–H groups in total. The molecule has 0 spiro atoms. The SMILES string of the molecule is CCN(CC)S(=O)(=O)NCC(C)(C)c1cccc(Cl)c1. The molecule has 0 aromatic heterocycles. The van der Waals surface area contributed by atoms with Crippen molar-refractivity contribution in [2.45, 2.75) is 33.1 Å². The van der Waals surface area contributed by atoms with Gasteiger partial charge in [0.05, 0.1) is 0 Å². The first kappa shape index (κ1) is 17.4. The fraction of sp³-hybridized carbons (Fsp3) is 0.571. The van der Waals surface area contributed by atoms with Crippen LogP contribution in [0.2, 0.25) is 5.02 Å². The van der Waals surface area contributed by atoms with Gasteiger partial charge in [0.1, 0.15) is 0 Å². The van der Waals surface area contributed by atoms with Crippen molar-refractivity contribution in [2.75, 3.05) is 19.6 Å². The summed E-state index contributed by atoms with van der Waals surface area (Å²) >= 11 is 5.99. The summed E-state index contributed by atoms with van der Waals surface area (Å²) in [4.78, 5) is 0. The Hall–Kier alpha value is -0.620. The molecule has 1 aromatic carbocycles. The summed E-state index contributed by atoms with van der Waals surface area (Å²) in [5, 5.41) is 0.655. The molecule has 0 radical (unpaired) electrons. The molecule has 0 bridgehead atoms. The molecule has 114 valence electrons. The van der Waals surface area contributed by atoms with Gasteiger partial charge in [-0.25, -0.2) is 4.72 Å². The van der Waals surface area contributed by atoms with Crippen molar-refractivity contribution in [3.05, 3.63) is 34.9 Å². The highest BCUT2D eigenvalue weighted by atomic mass is 35.5. The Bertz CT molecular complexity index is 540. The fourth-order valence-corrected chi connectivity index (χ4v) is 3.53. The van der Waals surface area contributed by atoms with Crippen LogP contribution >= 0.6 is 11.6 Å². The highest BCUT2D eigenvalue weighted by Gasteiger charge is 2.25. The van der Waals surface area contributed by atoms with E-state index in [9.17, 15) is 8.42 Å². The van der Waals surface area contributed by atoms with Crippen LogP contribution in [0.4, 0.5) is 0 Å². The highest BCUT2D eigenvalue weighted by molar-refractivity contribution is 7.87. The van der Waals surface area contributed by atoms with Crippen LogP contribution in [-0.2, 0) is 15.6 Å². The van der Waals surface area contributed by atoms with Gasteiger partial charge < -0.3 is 0 Å². The molecule has 0 aliphatic heterocycles. The summed E-state index contributed by atoms with van der Waals surface area (Å²) in [5.74, 6) is 0. The third-order valence-electron chi connectivity index (χ3n) is 3.35. The van der Waals surface area contributed by atoms with Crippen LogP contribution in [0, 0.1) is 0 Å². The van der Waals surface area contributed by atoms with Gasteiger partial charge in [0.2, 0.25) is 0 Å². The smallest absolute Gasteiger partial charge is 0.201 e. The molecule has 1 aromatic rings. The van der Waals surface area contributed by atoms with Gasteiger partial charge in [-0.1, -0.05) is 51.4 Å². The molecule has 0 saturated carbocycles. The van der Waals surface area contributed by atoms with Gasteiger partial charge in [0.25, 0.3) is 10.2 Å². The zero-order valence-corrected chi connectivity index (χ0v) is 14.1. The first-order valence-electron chi connectivity index (χ1n) is 6.73. The second-order valence-corrected chi connectivity index (χ2v) is 7.50. The topological polar surface area (TPSA) is 49.4 Å². The Morgan fingerprint density at radius 1 is 1.25 bits per heavy atom. The maximum atomic E-state index is 12.1. The molecule has 0 aliphatic rings. The summed E-state index contributed by atoms with van der Waals surface area (Å²) in [6.45, 7) is 8.88. The zero-order valence-electron chi connectivity index (χ0n) is 12.5. The maximum Gasteiger partial charge on any atom is 0.279 e. The molecule has 4 nitrogen and oxygen atoms in total. The molecule has 0 fully saturated rings. The van der Waals surface area contributed by atoms with Gasteiger partial charge in [-0.15, -0.1) is 0 Å². The van der Waals surface area contributed by atoms with Crippen LogP contribution in [0.25, 0.3) is 0 Å². The second-order valence-electron chi connectivity index (χ2n) is 5.30. The number of nitrogens with zero attached hydrogens (tertiary/aromatic N) is 1. The first-order valence-corrected chi connectivity index (χ1v) is 8.55. The van der Waals surface area contributed by atoms with E-state index in [4.69, 9.17) is 11.6 Å². The number of nitrogens with one attached hydrogen (secondary N) is 1. The van der Waals surface area contributed by atoms with E-state index in [1.807, 2.05) is 45.9 Å². The predicted octanol–water partition coefficient (Wildman–Crippen LogP) is 2.79. The van der Waals surface area contributed by atoms with E-state index in [2.05, 4.69) is 4.72 Å². The Labute approximate surface area is 127 Å². The fourth-order valence-electron chi connectivity index (χ4n) is 1.94. The van der Waals surface area contributed by atoms with E-state index < -0.39 is 10.2 Å². The summed E-state index contributed by atoms with van der Waals surface area (Å²) in [7, 11) is -3.42. The van der Waals surface area contributed by atoms with Crippen LogP contribution < -0.4 is 4.72 Å². The number of hydrogen-bond donors (Lipinski definition) is 1. The van der Waals surface area contributed by atoms with Gasteiger partial charge in [0.15, 0.2) is 0 Å². The number of benzene rings is 1. The minimum atomic E-state index is -3.42. The van der Waals surface area contributed by atoms with Crippen molar-refractivity contribution in [3.63, 3.8) is 0 Å². The van der Waals surface area contributed by atoms with Gasteiger partial charge in [-0.05, 0) is 17.7 Å². The Morgan fingerprint density at radius 2 is 1.85 bits per heavy atom. The highest BCUT2D eigenvalue weighted by Crippen LogP contribution is 2.25. The zero-order chi connectivity index (χ0) is 15.4. The molecule has 0 heterocycles. The van der Waals surface area contributed by atoms with Crippen molar-refractivity contribution < 1.29 is 8.42 Å². The molecule has 0 saturated heterocycles. The average Bonchev–Trinajstić information content (AvgIpc) is 2.38. The first-order chi connectivity index (χ1) is 9.23. The maximum absolute atomic E-state index is 12.1. The third kappa shape index (κ3) is 4.45. The lowest BCUT2D eigenvalue weighted by Gasteiger charge is -2.27. The van der Waals surface area contributed by atoms with Gasteiger partial charge in [0, 0.05) is 30.1 Å². The standard InChI is InChI=1S/C14H23ClN2O2S/c1-5-17(6-2)20(18,19)16-11-14(3,4)12-8-7-9-13(15)10-12/h7-10,16H,5-6,11H2,1-4H3. The minimum Gasteiger partial charge on any atom is -0.201 e. The van der Waals surface area contributed by atoms with Crippen molar-refractivity contribution in [1.29, 1.82) is 0 Å². The van der Waals surface area contributed by atoms with E-state index in [1.54, 1.807) is 6.07 Å². The Morgan fingerprint density at radius 3 is 2.35 bits per heavy atom. The Kier molecular flexibility index (Phi) is 6.01. The van der Waals surface area contributed by atoms with Crippen molar-refractivity contribution >= 4 is 21.8 Å². The van der Waals surface area contributed by atoms with E-state index in [-0.39, 0.29) is 5.41 Å². The van der Waals surface area contributed by atoms with Gasteiger partial charge >= 0.3 is 0 Å². The monoisotopic (exact) mass is 318 g/mol. The quantitative estimate of drug-likeness (QED) is 0.840. The lowest BCUT2D eigenvalue weighted by molar-refractivity contribution is 0.422. The van der Waals surface area contributed by atoms with E-state index in [1.165, 1.54) is 4.31 Å². The van der Waals surface area contributed by atoms with Crippen LogP contribution in [0.1, 0.15) is 33.3 Å². The lowest BCUT2D eigenvalue weighted by atomic mass is 9.85. The van der Waals surface area contributed by atoms with Crippen molar-refractivity contribution in [3.8, 4) is 0 Å². The normalized spacial score (nSPS) is 12.9. The van der Waals surface area contributed by atoms with Gasteiger partial charge in [-0.2, -0.15) is 12.7 Å². The number of rotatable bonds is 7. The molecular formula is C14H23ClN2O2S. The van der Waals surface area contributed by atoms with Crippen LogP contribution in [-0.4, -0.2) is 32.4 Å². The van der Waals surface area contributed by atoms with E-state index in [0.29, 0.717) is 24.7 Å². The summed E-state index contributed by atoms with van der Waals surface area (Å²) < 4.78 is 28.3. The molecular weight excluding hydrogens is 296 g/mol. The minimum absolute atomic E-state index is 0.326. The molecule has 0 amide bonds. The van der Waals surface area contributed by atoms with Crippen molar-refractivity contribution in [1.82, 2.24) is 9.03 Å². The van der Waals surface area contributed by atoms with Crippen molar-refractivity contribution in [2.24, 2.45) is 0 Å². The molecule has 0 unspecified atom stereocenters. The summed E-state index contributed by atoms with van der Waals surface area (Å²) in [6, 6.07) is 7.50. The van der Waals surface area contributed by atoms with Crippen LogP contribution in [0.15, 0.2) is 24.3 Å². The average molecular weight is 319 g/mol. The number of halogens is 1. The summed E-state index contributed by atoms with van der Waals surface area (Å²) in [5.41, 5.74) is 0.678. The van der Waals surface area contributed by atoms with Crippen LogP contribution in [0.5, 0.6) is 0 Å². The molecule has 1 rings (SSSR count). The van der Waals surface area contributed by atoms with Gasteiger partial charge in [-0.3, -0.25) is 0 Å². The number of hydrogen-bond acceptors (Lipinski definition) is 2. The molecule has 20 heavy (non-hydrogen) atoms.